The fourth-order valence-electron chi connectivity index (χ4n) is 5.76. The first-order valence-electron chi connectivity index (χ1n) is 11.1. The molecule has 3 heterocycles. The molecule has 0 bridgehead atoms. The summed E-state index contributed by atoms with van der Waals surface area (Å²) >= 11 is 5.95. The molecular formula is C25H24FN3OS. The van der Waals surface area contributed by atoms with Crippen molar-refractivity contribution in [2.45, 2.75) is 56.7 Å². The lowest BCUT2D eigenvalue weighted by atomic mass is 9.89. The van der Waals surface area contributed by atoms with Crippen molar-refractivity contribution in [2.24, 2.45) is 0 Å². The number of nitrogens with one attached hydrogen (secondary N) is 1. The van der Waals surface area contributed by atoms with Gasteiger partial charge in [-0.2, -0.15) is 0 Å². The zero-order valence-corrected chi connectivity index (χ0v) is 18.0. The van der Waals surface area contributed by atoms with E-state index in [2.05, 4.69) is 22.0 Å². The van der Waals surface area contributed by atoms with Crippen LogP contribution in [-0.4, -0.2) is 37.9 Å². The van der Waals surface area contributed by atoms with Crippen LogP contribution in [0.1, 0.15) is 55.0 Å². The van der Waals surface area contributed by atoms with Crippen LogP contribution >= 0.6 is 12.2 Å². The van der Waals surface area contributed by atoms with Gasteiger partial charge in [-0.25, -0.2) is 4.39 Å². The van der Waals surface area contributed by atoms with Crippen LogP contribution in [0.5, 0.6) is 0 Å². The van der Waals surface area contributed by atoms with Crippen LogP contribution in [0.25, 0.3) is 10.9 Å². The van der Waals surface area contributed by atoms with E-state index in [1.165, 1.54) is 24.1 Å². The van der Waals surface area contributed by atoms with E-state index in [1.54, 1.807) is 0 Å². The zero-order valence-electron chi connectivity index (χ0n) is 17.2. The SMILES string of the molecule is O=C1[C@@H]2Cc3c([nH]c4ccccc34)[C@@H](c3ccc(F)cc3)N2C(=S)N1C1CCCCC1. The topological polar surface area (TPSA) is 39.3 Å². The average Bonchev–Trinajstić information content (AvgIpc) is 3.29. The minimum Gasteiger partial charge on any atom is -0.356 e. The third kappa shape index (κ3) is 2.84. The van der Waals surface area contributed by atoms with Crippen LogP contribution in [0.2, 0.25) is 0 Å². The van der Waals surface area contributed by atoms with Gasteiger partial charge in [0.05, 0.1) is 6.04 Å². The van der Waals surface area contributed by atoms with E-state index in [1.807, 2.05) is 29.2 Å². The number of carbonyl (C=O) groups is 1. The maximum absolute atomic E-state index is 13.7. The van der Waals surface area contributed by atoms with E-state index >= 15 is 0 Å². The molecule has 0 spiro atoms. The second kappa shape index (κ2) is 7.16. The first-order chi connectivity index (χ1) is 15.1. The van der Waals surface area contributed by atoms with Gasteiger partial charge in [-0.15, -0.1) is 0 Å². The maximum Gasteiger partial charge on any atom is 0.252 e. The highest BCUT2D eigenvalue weighted by atomic mass is 32.1. The summed E-state index contributed by atoms with van der Waals surface area (Å²) in [5.41, 5.74) is 4.24. The molecule has 1 saturated heterocycles. The van der Waals surface area contributed by atoms with Gasteiger partial charge in [-0.1, -0.05) is 49.6 Å². The molecule has 2 aromatic carbocycles. The number of halogens is 1. The average molecular weight is 434 g/mol. The highest BCUT2D eigenvalue weighted by Gasteiger charge is 2.52. The second-order valence-corrected chi connectivity index (χ2v) is 9.29. The third-order valence-corrected chi connectivity index (χ3v) is 7.61. The Hall–Kier alpha value is -2.73. The van der Waals surface area contributed by atoms with Gasteiger partial charge in [-0.3, -0.25) is 9.69 Å². The molecule has 1 aromatic heterocycles. The van der Waals surface area contributed by atoms with Crippen molar-refractivity contribution in [3.8, 4) is 0 Å². The van der Waals surface area contributed by atoms with Crippen LogP contribution in [0.3, 0.4) is 0 Å². The van der Waals surface area contributed by atoms with Gasteiger partial charge in [-0.05, 0) is 54.4 Å². The predicted molar refractivity (Wildman–Crippen MR) is 122 cm³/mol. The zero-order chi connectivity index (χ0) is 21.1. The van der Waals surface area contributed by atoms with Crippen molar-refractivity contribution in [2.75, 3.05) is 0 Å². The van der Waals surface area contributed by atoms with Crippen LogP contribution in [0.15, 0.2) is 48.5 Å². The molecule has 6 heteroatoms. The van der Waals surface area contributed by atoms with Gasteiger partial charge in [0.2, 0.25) is 0 Å². The Morgan fingerprint density at radius 1 is 1.00 bits per heavy atom. The second-order valence-electron chi connectivity index (χ2n) is 8.93. The van der Waals surface area contributed by atoms with E-state index in [0.29, 0.717) is 11.5 Å². The number of nitrogens with zero attached hydrogens (tertiary/aromatic N) is 2. The Balaban J connectivity index is 1.51. The van der Waals surface area contributed by atoms with Crippen molar-refractivity contribution in [3.63, 3.8) is 0 Å². The number of hydrogen-bond donors (Lipinski definition) is 1. The van der Waals surface area contributed by atoms with Crippen molar-refractivity contribution in [1.29, 1.82) is 0 Å². The fourth-order valence-corrected chi connectivity index (χ4v) is 6.23. The summed E-state index contributed by atoms with van der Waals surface area (Å²) in [6, 6.07) is 14.5. The van der Waals surface area contributed by atoms with Gasteiger partial charge < -0.3 is 9.88 Å². The summed E-state index contributed by atoms with van der Waals surface area (Å²) in [5, 5.41) is 1.78. The molecule has 31 heavy (non-hydrogen) atoms. The third-order valence-electron chi connectivity index (χ3n) is 7.21. The van der Waals surface area contributed by atoms with Crippen molar-refractivity contribution < 1.29 is 9.18 Å². The first kappa shape index (κ1) is 19.0. The molecule has 6 rings (SSSR count). The molecular weight excluding hydrogens is 409 g/mol. The molecule has 2 aliphatic heterocycles. The fraction of sp³-hybridized carbons (Fsp3) is 0.360. The summed E-state index contributed by atoms with van der Waals surface area (Å²) in [6.45, 7) is 0. The van der Waals surface area contributed by atoms with E-state index < -0.39 is 0 Å². The summed E-state index contributed by atoms with van der Waals surface area (Å²) in [5.74, 6) is -0.142. The minimum absolute atomic E-state index is 0.125. The Bertz CT molecular complexity index is 1180. The molecule has 3 aromatic rings. The van der Waals surface area contributed by atoms with E-state index in [4.69, 9.17) is 12.2 Å². The number of carbonyl (C=O) groups excluding carboxylic acids is 1. The predicted octanol–water partition coefficient (Wildman–Crippen LogP) is 5.08. The number of rotatable bonds is 2. The molecule has 1 amide bonds. The van der Waals surface area contributed by atoms with Crippen LogP contribution < -0.4 is 0 Å². The molecule has 0 unspecified atom stereocenters. The maximum atomic E-state index is 13.7. The first-order valence-corrected chi connectivity index (χ1v) is 11.5. The molecule has 0 radical (unpaired) electrons. The van der Waals surface area contributed by atoms with Gasteiger partial charge in [0.15, 0.2) is 5.11 Å². The Labute approximate surface area is 186 Å². The summed E-state index contributed by atoms with van der Waals surface area (Å²) < 4.78 is 13.7. The van der Waals surface area contributed by atoms with Crippen LogP contribution in [0.4, 0.5) is 4.39 Å². The number of hydrogen-bond acceptors (Lipinski definition) is 2. The smallest absolute Gasteiger partial charge is 0.252 e. The Morgan fingerprint density at radius 3 is 2.52 bits per heavy atom. The molecule has 2 atom stereocenters. The number of H-pyrrole nitrogens is 1. The quantitative estimate of drug-likeness (QED) is 0.573. The van der Waals surface area contributed by atoms with Crippen molar-refractivity contribution in [3.05, 3.63) is 71.2 Å². The van der Waals surface area contributed by atoms with Gasteiger partial charge in [0, 0.05) is 29.1 Å². The number of thiocarbonyl (C=S) groups is 1. The monoisotopic (exact) mass is 433 g/mol. The highest BCUT2D eigenvalue weighted by molar-refractivity contribution is 7.80. The van der Waals surface area contributed by atoms with Gasteiger partial charge in [0.25, 0.3) is 5.91 Å². The van der Waals surface area contributed by atoms with Crippen LogP contribution in [-0.2, 0) is 11.2 Å². The highest BCUT2D eigenvalue weighted by Crippen LogP contribution is 2.45. The molecule has 2 fully saturated rings. The number of para-hydroxylation sites is 1. The van der Waals surface area contributed by atoms with Gasteiger partial charge in [0.1, 0.15) is 11.9 Å². The Morgan fingerprint density at radius 2 is 1.74 bits per heavy atom. The molecule has 158 valence electrons. The lowest BCUT2D eigenvalue weighted by molar-refractivity contribution is -0.130. The summed E-state index contributed by atoms with van der Waals surface area (Å²) in [7, 11) is 0. The van der Waals surface area contributed by atoms with Crippen molar-refractivity contribution in [1.82, 2.24) is 14.8 Å². The van der Waals surface area contributed by atoms with Gasteiger partial charge >= 0.3 is 0 Å². The summed E-state index contributed by atoms with van der Waals surface area (Å²) in [6.07, 6.45) is 6.19. The van der Waals surface area contributed by atoms with Crippen molar-refractivity contribution >= 4 is 34.1 Å². The Kier molecular flexibility index (Phi) is 4.39. The van der Waals surface area contributed by atoms with E-state index in [-0.39, 0.29) is 29.8 Å². The van der Waals surface area contributed by atoms with Crippen LogP contribution in [0, 0.1) is 5.82 Å². The molecule has 4 nitrogen and oxygen atoms in total. The van der Waals surface area contributed by atoms with E-state index in [9.17, 15) is 9.18 Å². The number of amides is 1. The molecule has 1 N–H and O–H groups in total. The standard InChI is InChI=1S/C25H24FN3OS/c26-16-12-10-15(11-13-16)23-22-19(18-8-4-5-9-20(18)27-22)14-21-24(30)28(25(31)29(21)23)17-6-2-1-3-7-17/h4-5,8-13,17,21,23,27H,1-3,6-7,14H2/t21-,23+/m0/s1. The van der Waals surface area contributed by atoms with E-state index in [0.717, 1.165) is 47.8 Å². The minimum atomic E-state index is -0.309. The normalized spacial score (nSPS) is 24.0. The number of benzene rings is 2. The molecule has 1 saturated carbocycles. The lowest BCUT2D eigenvalue weighted by Gasteiger charge is -2.38. The molecule has 1 aliphatic carbocycles. The number of aromatic nitrogens is 1. The number of aromatic amines is 1. The largest absolute Gasteiger partial charge is 0.356 e. The number of fused-ring (bicyclic) bond motifs is 4. The lowest BCUT2D eigenvalue weighted by Crippen LogP contribution is -2.44. The summed E-state index contributed by atoms with van der Waals surface area (Å²) in [4.78, 5) is 21.3. The molecule has 3 aliphatic rings.